The predicted octanol–water partition coefficient (Wildman–Crippen LogP) is 3.01. The molecular formula is C18H26IN5O2S. The van der Waals surface area contributed by atoms with Crippen molar-refractivity contribution in [3.05, 3.63) is 40.2 Å². The molecule has 0 saturated carbocycles. The van der Waals surface area contributed by atoms with Crippen molar-refractivity contribution in [2.45, 2.75) is 26.3 Å². The average molecular weight is 503 g/mol. The van der Waals surface area contributed by atoms with Crippen molar-refractivity contribution >= 4 is 47.2 Å². The van der Waals surface area contributed by atoms with Gasteiger partial charge in [0.25, 0.3) is 5.91 Å². The molecule has 1 aliphatic heterocycles. The maximum atomic E-state index is 12.3. The minimum absolute atomic E-state index is 0. The normalized spacial score (nSPS) is 15.0. The SMILES string of the molecule is CN=C(NCc1csc(C(C)C)n1)N1CCN(C(=O)c2ccco2)CC1.I. The van der Waals surface area contributed by atoms with E-state index in [0.717, 1.165) is 29.8 Å². The van der Waals surface area contributed by atoms with E-state index in [1.165, 1.54) is 6.26 Å². The zero-order valence-electron chi connectivity index (χ0n) is 15.8. The molecule has 1 N–H and O–H groups in total. The third kappa shape index (κ3) is 5.44. The number of hydrogen-bond donors (Lipinski definition) is 1. The Balaban J connectivity index is 0.00000261. The number of halogens is 1. The molecule has 1 amide bonds. The average Bonchev–Trinajstić information content (AvgIpc) is 3.34. The molecule has 0 atom stereocenters. The van der Waals surface area contributed by atoms with Gasteiger partial charge in [-0.05, 0) is 12.1 Å². The lowest BCUT2D eigenvalue weighted by Crippen LogP contribution is -2.53. The highest BCUT2D eigenvalue weighted by Gasteiger charge is 2.25. The highest BCUT2D eigenvalue weighted by atomic mass is 127. The summed E-state index contributed by atoms with van der Waals surface area (Å²) in [6, 6.07) is 3.44. The van der Waals surface area contributed by atoms with Crippen LogP contribution in [0, 0.1) is 0 Å². The van der Waals surface area contributed by atoms with Crippen LogP contribution in [-0.2, 0) is 6.54 Å². The van der Waals surface area contributed by atoms with Gasteiger partial charge < -0.3 is 19.5 Å². The largest absolute Gasteiger partial charge is 0.459 e. The summed E-state index contributed by atoms with van der Waals surface area (Å²) >= 11 is 1.70. The monoisotopic (exact) mass is 503 g/mol. The van der Waals surface area contributed by atoms with Gasteiger partial charge in [0, 0.05) is 44.5 Å². The number of guanidine groups is 1. The Kier molecular flexibility index (Phi) is 8.08. The van der Waals surface area contributed by atoms with E-state index >= 15 is 0 Å². The van der Waals surface area contributed by atoms with Crippen LogP contribution in [0.5, 0.6) is 0 Å². The molecule has 0 spiro atoms. The van der Waals surface area contributed by atoms with Crippen LogP contribution in [0.2, 0.25) is 0 Å². The number of thiazole rings is 1. The van der Waals surface area contributed by atoms with E-state index in [-0.39, 0.29) is 29.9 Å². The first-order valence-electron chi connectivity index (χ1n) is 8.81. The standard InChI is InChI=1S/C18H25N5O2S.HI/c1-13(2)16-21-14(12-26-16)11-20-18(19-3)23-8-6-22(7-9-23)17(24)15-5-4-10-25-15;/h4-5,10,12-13H,6-9,11H2,1-3H3,(H,19,20);1H. The number of nitrogens with zero attached hydrogens (tertiary/aromatic N) is 4. The van der Waals surface area contributed by atoms with Crippen molar-refractivity contribution in [2.24, 2.45) is 4.99 Å². The number of carbonyl (C=O) groups excluding carboxylic acids is 1. The van der Waals surface area contributed by atoms with Gasteiger partial charge in [-0.15, -0.1) is 35.3 Å². The van der Waals surface area contributed by atoms with Crippen LogP contribution >= 0.6 is 35.3 Å². The van der Waals surface area contributed by atoms with Gasteiger partial charge in [0.15, 0.2) is 11.7 Å². The summed E-state index contributed by atoms with van der Waals surface area (Å²) < 4.78 is 5.20. The van der Waals surface area contributed by atoms with Crippen molar-refractivity contribution in [3.63, 3.8) is 0 Å². The quantitative estimate of drug-likeness (QED) is 0.395. The van der Waals surface area contributed by atoms with E-state index in [1.54, 1.807) is 30.5 Å². The Hall–Kier alpha value is -1.62. The zero-order valence-corrected chi connectivity index (χ0v) is 19.0. The van der Waals surface area contributed by atoms with Gasteiger partial charge in [-0.3, -0.25) is 9.79 Å². The smallest absolute Gasteiger partial charge is 0.289 e. The molecule has 1 fully saturated rings. The molecule has 2 aromatic heterocycles. The van der Waals surface area contributed by atoms with E-state index in [0.29, 0.717) is 31.3 Å². The second-order valence-electron chi connectivity index (χ2n) is 6.49. The Morgan fingerprint density at radius 3 is 2.59 bits per heavy atom. The van der Waals surface area contributed by atoms with Gasteiger partial charge in [0.1, 0.15) is 0 Å². The summed E-state index contributed by atoms with van der Waals surface area (Å²) in [5.74, 6) is 1.63. The number of nitrogens with one attached hydrogen (secondary N) is 1. The van der Waals surface area contributed by atoms with Gasteiger partial charge in [-0.1, -0.05) is 13.8 Å². The minimum atomic E-state index is -0.0544. The van der Waals surface area contributed by atoms with Crippen LogP contribution in [0.15, 0.2) is 33.2 Å². The molecule has 3 heterocycles. The van der Waals surface area contributed by atoms with Crippen molar-refractivity contribution in [2.75, 3.05) is 33.2 Å². The lowest BCUT2D eigenvalue weighted by atomic mass is 10.2. The van der Waals surface area contributed by atoms with Crippen molar-refractivity contribution in [1.29, 1.82) is 0 Å². The molecule has 0 unspecified atom stereocenters. The summed E-state index contributed by atoms with van der Waals surface area (Å²) in [6.07, 6.45) is 1.53. The Morgan fingerprint density at radius 2 is 2.04 bits per heavy atom. The van der Waals surface area contributed by atoms with Crippen LogP contribution in [-0.4, -0.2) is 59.9 Å². The fraction of sp³-hybridized carbons (Fsp3) is 0.500. The molecule has 27 heavy (non-hydrogen) atoms. The first-order chi connectivity index (χ1) is 12.6. The topological polar surface area (TPSA) is 74.0 Å². The molecule has 148 valence electrons. The van der Waals surface area contributed by atoms with E-state index in [9.17, 15) is 4.79 Å². The number of aromatic nitrogens is 1. The molecule has 0 aliphatic carbocycles. The molecule has 9 heteroatoms. The van der Waals surface area contributed by atoms with Crippen molar-refractivity contribution in [1.82, 2.24) is 20.1 Å². The highest BCUT2D eigenvalue weighted by molar-refractivity contribution is 14.0. The highest BCUT2D eigenvalue weighted by Crippen LogP contribution is 2.19. The number of piperazine rings is 1. The Labute approximate surface area is 180 Å². The van der Waals surface area contributed by atoms with Crippen LogP contribution in [0.4, 0.5) is 0 Å². The van der Waals surface area contributed by atoms with E-state index in [2.05, 4.69) is 39.4 Å². The molecular weight excluding hydrogens is 477 g/mol. The van der Waals surface area contributed by atoms with Gasteiger partial charge in [-0.25, -0.2) is 4.98 Å². The summed E-state index contributed by atoms with van der Waals surface area (Å²) in [6.45, 7) is 7.72. The van der Waals surface area contributed by atoms with E-state index in [1.807, 2.05) is 4.90 Å². The maximum absolute atomic E-state index is 12.3. The Bertz CT molecular complexity index is 752. The summed E-state index contributed by atoms with van der Waals surface area (Å²) in [4.78, 5) is 25.3. The molecule has 1 saturated heterocycles. The summed E-state index contributed by atoms with van der Waals surface area (Å²) in [5.41, 5.74) is 1.03. The van der Waals surface area contributed by atoms with Crippen LogP contribution in [0.25, 0.3) is 0 Å². The Morgan fingerprint density at radius 1 is 1.33 bits per heavy atom. The molecule has 1 aliphatic rings. The van der Waals surface area contributed by atoms with E-state index < -0.39 is 0 Å². The van der Waals surface area contributed by atoms with Crippen LogP contribution in [0.1, 0.15) is 41.0 Å². The second-order valence-corrected chi connectivity index (χ2v) is 7.38. The molecule has 3 rings (SSSR count). The number of furan rings is 1. The van der Waals surface area contributed by atoms with Gasteiger partial charge >= 0.3 is 0 Å². The first-order valence-corrected chi connectivity index (χ1v) is 9.69. The lowest BCUT2D eigenvalue weighted by molar-refractivity contribution is 0.0657. The van der Waals surface area contributed by atoms with Crippen molar-refractivity contribution in [3.8, 4) is 0 Å². The molecule has 7 nitrogen and oxygen atoms in total. The maximum Gasteiger partial charge on any atom is 0.289 e. The number of aliphatic imine (C=N–C) groups is 1. The third-order valence-electron chi connectivity index (χ3n) is 4.30. The molecule has 0 radical (unpaired) electrons. The predicted molar refractivity (Wildman–Crippen MR) is 118 cm³/mol. The fourth-order valence-corrected chi connectivity index (χ4v) is 3.68. The number of hydrogen-bond acceptors (Lipinski definition) is 5. The molecule has 2 aromatic rings. The van der Waals surface area contributed by atoms with Gasteiger partial charge in [0.2, 0.25) is 0 Å². The number of amides is 1. The van der Waals surface area contributed by atoms with Gasteiger partial charge in [-0.2, -0.15) is 0 Å². The summed E-state index contributed by atoms with van der Waals surface area (Å²) in [5, 5.41) is 6.62. The third-order valence-corrected chi connectivity index (χ3v) is 5.50. The number of rotatable bonds is 4. The summed E-state index contributed by atoms with van der Waals surface area (Å²) in [7, 11) is 1.78. The van der Waals surface area contributed by atoms with Crippen LogP contribution < -0.4 is 5.32 Å². The fourth-order valence-electron chi connectivity index (χ4n) is 2.85. The molecule has 0 bridgehead atoms. The van der Waals surface area contributed by atoms with Gasteiger partial charge in [0.05, 0.1) is 23.5 Å². The van der Waals surface area contributed by atoms with Crippen LogP contribution in [0.3, 0.4) is 0 Å². The molecule has 0 aromatic carbocycles. The minimum Gasteiger partial charge on any atom is -0.459 e. The number of carbonyl (C=O) groups is 1. The van der Waals surface area contributed by atoms with Crippen molar-refractivity contribution < 1.29 is 9.21 Å². The zero-order chi connectivity index (χ0) is 18.5. The van der Waals surface area contributed by atoms with E-state index in [4.69, 9.17) is 4.42 Å². The lowest BCUT2D eigenvalue weighted by Gasteiger charge is -2.36. The first kappa shape index (κ1) is 21.7. The second kappa shape index (κ2) is 10.1.